The lowest BCUT2D eigenvalue weighted by Gasteiger charge is -2.28. The topological polar surface area (TPSA) is 119 Å². The van der Waals surface area contributed by atoms with E-state index in [2.05, 4.69) is 10.4 Å². The zero-order chi connectivity index (χ0) is 20.9. The number of fused-ring (bicyclic) bond motifs is 3. The van der Waals surface area contributed by atoms with E-state index >= 15 is 0 Å². The molecule has 0 amide bonds. The first-order valence-electron chi connectivity index (χ1n) is 9.09. The SMILES string of the molecule is COc1cccc2c1C(=O)c1c(N=O)c3c(c(N=O)c1C2=O)CC(C(C)=O)CC3. The maximum absolute atomic E-state index is 13.3. The molecule has 4 rings (SSSR count). The predicted molar refractivity (Wildman–Crippen MR) is 103 cm³/mol. The number of Topliss-reactive ketones (excluding diaryl/α,β-unsaturated/α-hetero) is 1. The third-order valence-electron chi connectivity index (χ3n) is 5.78. The molecule has 0 saturated heterocycles. The predicted octanol–water partition coefficient (Wildman–Crippen LogP) is 3.96. The van der Waals surface area contributed by atoms with E-state index in [4.69, 9.17) is 4.74 Å². The number of nitrogens with zero attached hydrogens (tertiary/aromatic N) is 2. The second-order valence-electron chi connectivity index (χ2n) is 7.18. The Bertz CT molecular complexity index is 1130. The van der Waals surface area contributed by atoms with E-state index in [-0.39, 0.29) is 63.9 Å². The minimum absolute atomic E-state index is 0.0339. The minimum atomic E-state index is -0.608. The lowest BCUT2D eigenvalue weighted by molar-refractivity contribution is -0.121. The van der Waals surface area contributed by atoms with Crippen molar-refractivity contribution in [3.05, 3.63) is 61.4 Å². The number of nitroso groups, excluding NO2 is 2. The van der Waals surface area contributed by atoms with Crippen LogP contribution in [0.5, 0.6) is 5.75 Å². The molecule has 0 bridgehead atoms. The maximum atomic E-state index is 13.3. The molecule has 1 unspecified atom stereocenters. The average molecular weight is 392 g/mol. The van der Waals surface area contributed by atoms with E-state index in [0.29, 0.717) is 17.5 Å². The van der Waals surface area contributed by atoms with Gasteiger partial charge in [0.2, 0.25) is 5.78 Å². The molecule has 0 spiro atoms. The minimum Gasteiger partial charge on any atom is -0.496 e. The first-order valence-corrected chi connectivity index (χ1v) is 9.09. The summed E-state index contributed by atoms with van der Waals surface area (Å²) in [7, 11) is 1.37. The van der Waals surface area contributed by atoms with Crippen molar-refractivity contribution in [2.75, 3.05) is 7.11 Å². The highest BCUT2D eigenvalue weighted by molar-refractivity contribution is 6.32. The Labute approximate surface area is 165 Å². The van der Waals surface area contributed by atoms with Crippen molar-refractivity contribution < 1.29 is 19.1 Å². The summed E-state index contributed by atoms with van der Waals surface area (Å²) in [6.07, 6.45) is 0.925. The third kappa shape index (κ3) is 2.55. The van der Waals surface area contributed by atoms with Crippen LogP contribution in [0.1, 0.15) is 56.3 Å². The number of hydrogen-bond donors (Lipinski definition) is 0. The second-order valence-corrected chi connectivity index (χ2v) is 7.18. The zero-order valence-electron chi connectivity index (χ0n) is 15.8. The molecular weight excluding hydrogens is 376 g/mol. The smallest absolute Gasteiger partial charge is 0.200 e. The molecule has 0 radical (unpaired) electrons. The van der Waals surface area contributed by atoms with Gasteiger partial charge in [-0.05, 0) is 53.7 Å². The van der Waals surface area contributed by atoms with Crippen molar-refractivity contribution in [2.24, 2.45) is 16.3 Å². The quantitative estimate of drug-likeness (QED) is 0.620. The molecule has 0 fully saturated rings. The summed E-state index contributed by atoms with van der Waals surface area (Å²) < 4.78 is 5.23. The molecule has 2 aromatic carbocycles. The van der Waals surface area contributed by atoms with Gasteiger partial charge in [0.25, 0.3) is 0 Å². The van der Waals surface area contributed by atoms with Crippen LogP contribution in [-0.4, -0.2) is 24.5 Å². The van der Waals surface area contributed by atoms with Gasteiger partial charge in [0.15, 0.2) is 5.78 Å². The van der Waals surface area contributed by atoms with Gasteiger partial charge in [0.1, 0.15) is 22.9 Å². The van der Waals surface area contributed by atoms with Gasteiger partial charge in [-0.25, -0.2) is 0 Å². The van der Waals surface area contributed by atoms with E-state index in [1.54, 1.807) is 6.07 Å². The molecule has 0 heterocycles. The Balaban J connectivity index is 2.08. The first kappa shape index (κ1) is 18.8. The van der Waals surface area contributed by atoms with Crippen LogP contribution >= 0.6 is 0 Å². The van der Waals surface area contributed by atoms with Gasteiger partial charge in [-0.2, -0.15) is 0 Å². The summed E-state index contributed by atoms with van der Waals surface area (Å²) in [6, 6.07) is 4.56. The standard InChI is InChI=1S/C21H16N2O6/c1-9(24)10-6-7-11-13(8-10)19(23-28)16-17(18(11)22-27)21(26)15-12(20(16)25)4-3-5-14(15)29-2/h3-5,10H,6-8H2,1-2H3. The molecule has 8 heteroatoms. The van der Waals surface area contributed by atoms with Crippen LogP contribution in [0.3, 0.4) is 0 Å². The summed E-state index contributed by atoms with van der Waals surface area (Å²) in [5, 5.41) is 6.12. The molecular formula is C21H16N2O6. The summed E-state index contributed by atoms with van der Waals surface area (Å²) in [5.41, 5.74) is 0.103. The van der Waals surface area contributed by atoms with Gasteiger partial charge in [0.05, 0.1) is 23.8 Å². The van der Waals surface area contributed by atoms with Gasteiger partial charge in [-0.15, -0.1) is 9.81 Å². The van der Waals surface area contributed by atoms with Crippen LogP contribution in [0, 0.1) is 15.7 Å². The van der Waals surface area contributed by atoms with Crippen LogP contribution in [0.25, 0.3) is 0 Å². The van der Waals surface area contributed by atoms with Crippen LogP contribution in [0.15, 0.2) is 28.6 Å². The van der Waals surface area contributed by atoms with Gasteiger partial charge in [0, 0.05) is 11.5 Å². The molecule has 2 aliphatic rings. The number of rotatable bonds is 4. The third-order valence-corrected chi connectivity index (χ3v) is 5.78. The van der Waals surface area contributed by atoms with Crippen molar-refractivity contribution in [1.82, 2.24) is 0 Å². The fourth-order valence-electron chi connectivity index (χ4n) is 4.36. The number of carbonyl (C=O) groups is 3. The lowest BCUT2D eigenvalue weighted by Crippen LogP contribution is -2.26. The second kappa shape index (κ2) is 6.80. The lowest BCUT2D eigenvalue weighted by atomic mass is 9.74. The molecule has 0 saturated carbocycles. The first-order chi connectivity index (χ1) is 13.9. The molecule has 0 aromatic heterocycles. The van der Waals surface area contributed by atoms with Crippen LogP contribution in [0.2, 0.25) is 0 Å². The molecule has 2 aliphatic carbocycles. The number of methoxy groups -OCH3 is 1. The van der Waals surface area contributed by atoms with E-state index in [0.717, 1.165) is 0 Å². The number of hydrogen-bond acceptors (Lipinski definition) is 8. The molecule has 0 N–H and O–H groups in total. The summed E-state index contributed by atoms with van der Waals surface area (Å²) >= 11 is 0. The Hall–Kier alpha value is -3.55. The average Bonchev–Trinajstić information content (AvgIpc) is 2.74. The van der Waals surface area contributed by atoms with Gasteiger partial charge in [-0.1, -0.05) is 12.1 Å². The number of ketones is 3. The number of carbonyl (C=O) groups excluding carboxylic acids is 3. The Kier molecular flexibility index (Phi) is 4.41. The fourth-order valence-corrected chi connectivity index (χ4v) is 4.36. The molecule has 0 aliphatic heterocycles. The highest BCUT2D eigenvalue weighted by atomic mass is 16.5. The van der Waals surface area contributed by atoms with Crippen molar-refractivity contribution >= 4 is 28.7 Å². The number of benzene rings is 2. The Morgan fingerprint density at radius 1 is 1.00 bits per heavy atom. The van der Waals surface area contributed by atoms with E-state index < -0.39 is 11.6 Å². The van der Waals surface area contributed by atoms with Crippen molar-refractivity contribution in [1.29, 1.82) is 0 Å². The van der Waals surface area contributed by atoms with Crippen LogP contribution in [-0.2, 0) is 17.6 Å². The highest BCUT2D eigenvalue weighted by Crippen LogP contribution is 2.48. The van der Waals surface area contributed by atoms with E-state index in [1.165, 1.54) is 26.2 Å². The zero-order valence-corrected chi connectivity index (χ0v) is 15.8. The Morgan fingerprint density at radius 3 is 2.28 bits per heavy atom. The highest BCUT2D eigenvalue weighted by Gasteiger charge is 2.41. The maximum Gasteiger partial charge on any atom is 0.200 e. The monoisotopic (exact) mass is 392 g/mol. The Morgan fingerprint density at radius 2 is 1.66 bits per heavy atom. The molecule has 1 atom stereocenters. The number of ether oxygens (including phenoxy) is 1. The summed E-state index contributed by atoms with van der Waals surface area (Å²) in [5.74, 6) is -1.41. The molecule has 29 heavy (non-hydrogen) atoms. The molecule has 8 nitrogen and oxygen atoms in total. The normalized spacial score (nSPS) is 17.1. The van der Waals surface area contributed by atoms with Gasteiger partial charge >= 0.3 is 0 Å². The summed E-state index contributed by atoms with van der Waals surface area (Å²) in [6.45, 7) is 1.46. The van der Waals surface area contributed by atoms with Crippen LogP contribution in [0.4, 0.5) is 11.4 Å². The van der Waals surface area contributed by atoms with Crippen molar-refractivity contribution in [3.63, 3.8) is 0 Å². The molecule has 2 aromatic rings. The summed E-state index contributed by atoms with van der Waals surface area (Å²) in [4.78, 5) is 62.0. The van der Waals surface area contributed by atoms with Gasteiger partial charge in [-0.3, -0.25) is 14.4 Å². The molecule has 146 valence electrons. The van der Waals surface area contributed by atoms with Gasteiger partial charge < -0.3 is 4.74 Å². The largest absolute Gasteiger partial charge is 0.496 e. The van der Waals surface area contributed by atoms with Crippen molar-refractivity contribution in [2.45, 2.75) is 26.2 Å². The van der Waals surface area contributed by atoms with Crippen molar-refractivity contribution in [3.8, 4) is 5.75 Å². The van der Waals surface area contributed by atoms with E-state index in [1.807, 2.05) is 0 Å². The van der Waals surface area contributed by atoms with Crippen LogP contribution < -0.4 is 4.74 Å². The fraction of sp³-hybridized carbons (Fsp3) is 0.286. The van der Waals surface area contributed by atoms with E-state index in [9.17, 15) is 24.2 Å².